The first kappa shape index (κ1) is 21.1. The third-order valence-corrected chi connectivity index (χ3v) is 7.83. The van der Waals surface area contributed by atoms with Gasteiger partial charge in [0, 0.05) is 23.7 Å². The SMILES string of the molecule is Cc1ccc2oc(=O)n(CCn3cc(CCCCC[C@@H]4SC[C@@H]5NC(=O)N[C@@H]54)nn3)c2c1. The molecule has 5 rings (SSSR count). The highest BCUT2D eigenvalue weighted by Crippen LogP contribution is 2.33. The van der Waals surface area contributed by atoms with Crippen molar-refractivity contribution in [3.8, 4) is 0 Å². The Bertz CT molecular complexity index is 1170. The second-order valence-corrected chi connectivity index (χ2v) is 9.96. The molecule has 2 aliphatic heterocycles. The van der Waals surface area contributed by atoms with Gasteiger partial charge < -0.3 is 15.1 Å². The maximum absolute atomic E-state index is 12.2. The number of aromatic nitrogens is 4. The van der Waals surface area contributed by atoms with Crippen LogP contribution in [0.2, 0.25) is 0 Å². The number of urea groups is 1. The molecule has 0 aliphatic carbocycles. The Morgan fingerprint density at radius 2 is 2.09 bits per heavy atom. The van der Waals surface area contributed by atoms with Gasteiger partial charge in [0.25, 0.3) is 0 Å². The Hall–Kier alpha value is -2.75. The largest absolute Gasteiger partial charge is 0.420 e. The number of fused-ring (bicyclic) bond motifs is 2. The maximum atomic E-state index is 12.2. The Kier molecular flexibility index (Phi) is 5.95. The minimum Gasteiger partial charge on any atom is -0.408 e. The average molecular weight is 457 g/mol. The molecule has 9 nitrogen and oxygen atoms in total. The van der Waals surface area contributed by atoms with Crippen molar-refractivity contribution in [2.45, 2.75) is 69.5 Å². The highest BCUT2D eigenvalue weighted by atomic mass is 32.2. The number of oxazole rings is 1. The number of benzene rings is 1. The predicted molar refractivity (Wildman–Crippen MR) is 123 cm³/mol. The van der Waals surface area contributed by atoms with E-state index in [0.717, 1.165) is 54.6 Å². The molecule has 3 aromatic rings. The van der Waals surface area contributed by atoms with Crippen molar-refractivity contribution in [3.63, 3.8) is 0 Å². The average Bonchev–Trinajstić information content (AvgIpc) is 3.51. The van der Waals surface area contributed by atoms with Gasteiger partial charge >= 0.3 is 11.8 Å². The lowest BCUT2D eigenvalue weighted by atomic mass is 10.0. The Morgan fingerprint density at radius 1 is 1.19 bits per heavy atom. The van der Waals surface area contributed by atoms with Crippen LogP contribution in [0, 0.1) is 6.92 Å². The summed E-state index contributed by atoms with van der Waals surface area (Å²) in [4.78, 5) is 23.6. The van der Waals surface area contributed by atoms with Gasteiger partial charge in [-0.3, -0.25) is 9.25 Å². The van der Waals surface area contributed by atoms with E-state index < -0.39 is 0 Å². The molecule has 2 fully saturated rings. The van der Waals surface area contributed by atoms with Gasteiger partial charge in [0.15, 0.2) is 5.58 Å². The lowest BCUT2D eigenvalue weighted by Gasteiger charge is -2.16. The van der Waals surface area contributed by atoms with Crippen LogP contribution < -0.4 is 16.4 Å². The van der Waals surface area contributed by atoms with Gasteiger partial charge in [-0.25, -0.2) is 9.59 Å². The fourth-order valence-corrected chi connectivity index (χ4v) is 6.16. The molecule has 2 saturated heterocycles. The van der Waals surface area contributed by atoms with E-state index in [-0.39, 0.29) is 17.8 Å². The van der Waals surface area contributed by atoms with Crippen LogP contribution in [0.3, 0.4) is 0 Å². The van der Waals surface area contributed by atoms with Gasteiger partial charge in [0.2, 0.25) is 0 Å². The smallest absolute Gasteiger partial charge is 0.408 e. The first-order valence-corrected chi connectivity index (χ1v) is 12.3. The van der Waals surface area contributed by atoms with Crippen LogP contribution in [-0.2, 0) is 19.5 Å². The quantitative estimate of drug-likeness (QED) is 0.378. The van der Waals surface area contributed by atoms with E-state index in [9.17, 15) is 9.59 Å². The van der Waals surface area contributed by atoms with Crippen molar-refractivity contribution in [2.24, 2.45) is 0 Å². The van der Waals surface area contributed by atoms with E-state index in [0.29, 0.717) is 30.0 Å². The van der Waals surface area contributed by atoms with Crippen molar-refractivity contribution in [2.75, 3.05) is 5.75 Å². The van der Waals surface area contributed by atoms with Gasteiger partial charge in [0.05, 0.1) is 29.8 Å². The second-order valence-electron chi connectivity index (χ2n) is 8.68. The molecule has 0 unspecified atom stereocenters. The summed E-state index contributed by atoms with van der Waals surface area (Å²) in [7, 11) is 0. The third kappa shape index (κ3) is 4.41. The molecule has 1 aromatic carbocycles. The minimum atomic E-state index is -0.342. The van der Waals surface area contributed by atoms with Crippen LogP contribution in [0.15, 0.2) is 33.6 Å². The fourth-order valence-electron chi connectivity index (χ4n) is 4.62. The zero-order valence-corrected chi connectivity index (χ0v) is 18.9. The van der Waals surface area contributed by atoms with Gasteiger partial charge in [-0.2, -0.15) is 11.8 Å². The molecule has 170 valence electrons. The number of amides is 2. The van der Waals surface area contributed by atoms with Crippen LogP contribution in [-0.4, -0.2) is 48.7 Å². The molecule has 4 heterocycles. The third-order valence-electron chi connectivity index (χ3n) is 6.32. The molecule has 2 amide bonds. The highest BCUT2D eigenvalue weighted by molar-refractivity contribution is 8.00. The predicted octanol–water partition coefficient (Wildman–Crippen LogP) is 2.46. The molecule has 2 N–H and O–H groups in total. The monoisotopic (exact) mass is 456 g/mol. The van der Waals surface area contributed by atoms with E-state index in [1.54, 1.807) is 9.25 Å². The summed E-state index contributed by atoms with van der Waals surface area (Å²) in [6.45, 7) is 3.05. The molecule has 0 spiro atoms. The number of rotatable bonds is 9. The lowest BCUT2D eigenvalue weighted by molar-refractivity contribution is 0.247. The van der Waals surface area contributed by atoms with Gasteiger partial charge in [-0.15, -0.1) is 5.10 Å². The Balaban J connectivity index is 1.06. The summed E-state index contributed by atoms with van der Waals surface area (Å²) in [6.07, 6.45) is 7.36. The summed E-state index contributed by atoms with van der Waals surface area (Å²) >= 11 is 1.97. The molecular weight excluding hydrogens is 428 g/mol. The topological polar surface area (TPSA) is 107 Å². The minimum absolute atomic E-state index is 0.0191. The Labute approximate surface area is 189 Å². The summed E-state index contributed by atoms with van der Waals surface area (Å²) in [6, 6.07) is 6.30. The first-order chi connectivity index (χ1) is 15.6. The molecule has 2 aromatic heterocycles. The van der Waals surface area contributed by atoms with E-state index in [4.69, 9.17) is 4.42 Å². The number of carbonyl (C=O) groups is 1. The number of carbonyl (C=O) groups excluding carboxylic acids is 1. The second kappa shape index (κ2) is 9.01. The van der Waals surface area contributed by atoms with Gasteiger partial charge in [-0.1, -0.05) is 24.1 Å². The fraction of sp³-hybridized carbons (Fsp3) is 0.545. The molecule has 32 heavy (non-hydrogen) atoms. The van der Waals surface area contributed by atoms with Crippen LogP contribution in [0.4, 0.5) is 4.79 Å². The molecule has 0 radical (unpaired) electrons. The highest BCUT2D eigenvalue weighted by Gasteiger charge is 2.42. The van der Waals surface area contributed by atoms with Crippen LogP contribution >= 0.6 is 11.8 Å². The molecular formula is C22H28N6O3S. The van der Waals surface area contributed by atoms with E-state index in [2.05, 4.69) is 20.9 Å². The van der Waals surface area contributed by atoms with Crippen LogP contribution in [0.5, 0.6) is 0 Å². The zero-order valence-electron chi connectivity index (χ0n) is 18.1. The number of thioether (sulfide) groups is 1. The number of unbranched alkanes of at least 4 members (excludes halogenated alkanes) is 2. The maximum Gasteiger partial charge on any atom is 0.420 e. The standard InChI is InChI=1S/C22H28N6O3S/c1-14-7-8-18-17(11-14)28(22(30)31-18)10-9-27-12-15(25-26-27)5-3-2-4-6-19-20-16(13-32-19)23-21(29)24-20/h7-8,11-12,16,19-20H,2-6,9-10,13H2,1H3,(H2,23,24,29)/t16-,19-,20-/m0/s1. The number of aryl methyl sites for hydroxylation is 4. The summed E-state index contributed by atoms with van der Waals surface area (Å²) < 4.78 is 8.77. The van der Waals surface area contributed by atoms with Crippen molar-refractivity contribution >= 4 is 28.9 Å². The van der Waals surface area contributed by atoms with E-state index >= 15 is 0 Å². The van der Waals surface area contributed by atoms with Crippen molar-refractivity contribution in [1.29, 1.82) is 0 Å². The van der Waals surface area contributed by atoms with Crippen LogP contribution in [0.1, 0.15) is 36.9 Å². The molecule has 3 atom stereocenters. The molecule has 10 heteroatoms. The number of nitrogens with one attached hydrogen (secondary N) is 2. The van der Waals surface area contributed by atoms with Crippen LogP contribution in [0.25, 0.3) is 11.1 Å². The first-order valence-electron chi connectivity index (χ1n) is 11.2. The Morgan fingerprint density at radius 3 is 3.00 bits per heavy atom. The lowest BCUT2D eigenvalue weighted by Crippen LogP contribution is -2.36. The molecule has 0 bridgehead atoms. The number of nitrogens with zero attached hydrogens (tertiary/aromatic N) is 4. The molecule has 2 aliphatic rings. The van der Waals surface area contributed by atoms with Crippen molar-refractivity contribution in [1.82, 2.24) is 30.2 Å². The van der Waals surface area contributed by atoms with E-state index in [1.807, 2.05) is 43.1 Å². The summed E-state index contributed by atoms with van der Waals surface area (Å²) in [5.41, 5.74) is 3.49. The zero-order chi connectivity index (χ0) is 22.1. The van der Waals surface area contributed by atoms with Gasteiger partial charge in [0.1, 0.15) is 0 Å². The number of hydrogen-bond acceptors (Lipinski definition) is 6. The van der Waals surface area contributed by atoms with E-state index in [1.165, 1.54) is 0 Å². The van der Waals surface area contributed by atoms with Crippen molar-refractivity contribution in [3.05, 3.63) is 46.2 Å². The summed E-state index contributed by atoms with van der Waals surface area (Å²) in [5, 5.41) is 15.1. The van der Waals surface area contributed by atoms with Gasteiger partial charge in [-0.05, 0) is 43.9 Å². The summed E-state index contributed by atoms with van der Waals surface area (Å²) in [5.74, 6) is 0.669. The molecule has 0 saturated carbocycles. The number of hydrogen-bond donors (Lipinski definition) is 2. The normalized spacial score (nSPS) is 22.3. The van der Waals surface area contributed by atoms with Crippen molar-refractivity contribution < 1.29 is 9.21 Å².